The number of pyridine rings is 1. The van der Waals surface area contributed by atoms with Gasteiger partial charge in [-0.05, 0) is 31.0 Å². The number of halogens is 1. The molecule has 3 rings (SSSR count). The molecule has 3 heterocycles. The number of hydrogen-bond donors (Lipinski definition) is 1. The van der Waals surface area contributed by atoms with Crippen molar-refractivity contribution in [1.82, 2.24) is 15.2 Å². The number of piperidine rings is 1. The highest BCUT2D eigenvalue weighted by atomic mass is 19.1. The maximum absolute atomic E-state index is 12.9. The lowest BCUT2D eigenvalue weighted by Gasteiger charge is -2.33. The maximum atomic E-state index is 12.9. The molecule has 1 fully saturated rings. The Bertz CT molecular complexity index is 494. The second-order valence-corrected chi connectivity index (χ2v) is 4.63. The van der Waals surface area contributed by atoms with Crippen molar-refractivity contribution < 1.29 is 4.39 Å². The third kappa shape index (κ3) is 2.20. The molecule has 94 valence electrons. The molecule has 0 aliphatic carbocycles. The Morgan fingerprint density at radius 2 is 2.28 bits per heavy atom. The second-order valence-electron chi connectivity index (χ2n) is 4.63. The van der Waals surface area contributed by atoms with E-state index < -0.39 is 0 Å². The van der Waals surface area contributed by atoms with Crippen LogP contribution in [0.2, 0.25) is 0 Å². The fourth-order valence-corrected chi connectivity index (χ4v) is 2.49. The highest BCUT2D eigenvalue weighted by Gasteiger charge is 2.22. The minimum absolute atomic E-state index is 0.291. The van der Waals surface area contributed by atoms with E-state index in [-0.39, 0.29) is 5.82 Å². The van der Waals surface area contributed by atoms with Crippen LogP contribution >= 0.6 is 0 Å². The summed E-state index contributed by atoms with van der Waals surface area (Å²) in [6.45, 7) is 1.88. The van der Waals surface area contributed by atoms with Crippen molar-refractivity contribution >= 4 is 5.82 Å². The lowest BCUT2D eigenvalue weighted by atomic mass is 9.95. The molecule has 18 heavy (non-hydrogen) atoms. The van der Waals surface area contributed by atoms with Crippen molar-refractivity contribution in [3.05, 3.63) is 42.1 Å². The molecule has 4 nitrogen and oxygen atoms in total. The Morgan fingerprint density at radius 1 is 1.33 bits per heavy atom. The minimum Gasteiger partial charge on any atom is -0.356 e. The molecular weight excluding hydrogens is 231 g/mol. The number of H-pyrrole nitrogens is 1. The van der Waals surface area contributed by atoms with Gasteiger partial charge in [0.1, 0.15) is 11.6 Å². The van der Waals surface area contributed by atoms with Crippen molar-refractivity contribution in [1.29, 1.82) is 0 Å². The number of aromatic nitrogens is 3. The molecule has 1 aliphatic rings. The number of nitrogens with one attached hydrogen (secondary N) is 1. The summed E-state index contributed by atoms with van der Waals surface area (Å²) in [6, 6.07) is 5.22. The van der Waals surface area contributed by atoms with Crippen LogP contribution in [0.15, 0.2) is 30.6 Å². The predicted molar refractivity (Wildman–Crippen MR) is 67.0 cm³/mol. The molecule has 5 heteroatoms. The standard InChI is InChI=1S/C13H15FN4/c14-11-3-4-13(15-8-11)18-7-1-2-10(9-18)12-5-6-16-17-12/h3-6,8,10H,1-2,7,9H2,(H,16,17)/t10-/m0/s1. The first-order valence-corrected chi connectivity index (χ1v) is 6.19. The average Bonchev–Trinajstić information content (AvgIpc) is 2.94. The van der Waals surface area contributed by atoms with Crippen LogP contribution < -0.4 is 4.90 Å². The third-order valence-electron chi connectivity index (χ3n) is 3.42. The minimum atomic E-state index is -0.291. The van der Waals surface area contributed by atoms with E-state index in [4.69, 9.17) is 0 Å². The van der Waals surface area contributed by atoms with Crippen LogP contribution in [0, 0.1) is 5.82 Å². The highest BCUT2D eigenvalue weighted by Crippen LogP contribution is 2.27. The Kier molecular flexibility index (Phi) is 2.96. The van der Waals surface area contributed by atoms with Gasteiger partial charge < -0.3 is 4.90 Å². The van der Waals surface area contributed by atoms with Crippen LogP contribution in [0.5, 0.6) is 0 Å². The molecule has 0 bridgehead atoms. The van der Waals surface area contributed by atoms with Gasteiger partial charge in [0.2, 0.25) is 0 Å². The van der Waals surface area contributed by atoms with Gasteiger partial charge in [-0.1, -0.05) is 0 Å². The van der Waals surface area contributed by atoms with Crippen molar-refractivity contribution in [2.45, 2.75) is 18.8 Å². The highest BCUT2D eigenvalue weighted by molar-refractivity contribution is 5.39. The Labute approximate surface area is 105 Å². The van der Waals surface area contributed by atoms with Crippen LogP contribution in [0.4, 0.5) is 10.2 Å². The van der Waals surface area contributed by atoms with Crippen LogP contribution in [0.25, 0.3) is 0 Å². The van der Waals surface area contributed by atoms with Gasteiger partial charge in [-0.2, -0.15) is 5.10 Å². The molecule has 0 amide bonds. The van der Waals surface area contributed by atoms with Gasteiger partial charge in [-0.15, -0.1) is 0 Å². The number of nitrogens with zero attached hydrogens (tertiary/aromatic N) is 3. The van der Waals surface area contributed by atoms with Crippen molar-refractivity contribution in [3.8, 4) is 0 Å². The average molecular weight is 246 g/mol. The van der Waals surface area contributed by atoms with Gasteiger partial charge in [0.05, 0.1) is 6.20 Å². The fourth-order valence-electron chi connectivity index (χ4n) is 2.49. The summed E-state index contributed by atoms with van der Waals surface area (Å²) in [6.07, 6.45) is 5.32. The largest absolute Gasteiger partial charge is 0.356 e. The van der Waals surface area contributed by atoms with Gasteiger partial charge in [0.15, 0.2) is 0 Å². The summed E-state index contributed by atoms with van der Waals surface area (Å²) in [7, 11) is 0. The lowest BCUT2D eigenvalue weighted by molar-refractivity contribution is 0.497. The molecule has 0 unspecified atom stereocenters. The van der Waals surface area contributed by atoms with E-state index in [1.54, 1.807) is 12.3 Å². The third-order valence-corrected chi connectivity index (χ3v) is 3.42. The lowest BCUT2D eigenvalue weighted by Crippen LogP contribution is -2.35. The fraction of sp³-hybridized carbons (Fsp3) is 0.385. The maximum Gasteiger partial charge on any atom is 0.141 e. The van der Waals surface area contributed by atoms with E-state index in [1.165, 1.54) is 18.0 Å². The summed E-state index contributed by atoms with van der Waals surface area (Å²) in [5.74, 6) is 1.01. The predicted octanol–water partition coefficient (Wildman–Crippen LogP) is 2.33. The normalized spacial score (nSPS) is 20.1. The number of anilines is 1. The molecule has 0 radical (unpaired) electrons. The molecule has 2 aromatic rings. The van der Waals surface area contributed by atoms with Gasteiger partial charge in [0, 0.05) is 30.9 Å². The summed E-state index contributed by atoms with van der Waals surface area (Å²) in [5.41, 5.74) is 1.17. The zero-order valence-electron chi connectivity index (χ0n) is 10.0. The van der Waals surface area contributed by atoms with Crippen molar-refractivity contribution in [2.75, 3.05) is 18.0 Å². The van der Waals surface area contributed by atoms with Gasteiger partial charge in [-0.3, -0.25) is 5.10 Å². The van der Waals surface area contributed by atoms with E-state index in [2.05, 4.69) is 20.1 Å². The SMILES string of the molecule is Fc1ccc(N2CCC[C@H](c3ccn[nH]3)C2)nc1. The van der Waals surface area contributed by atoms with Crippen molar-refractivity contribution in [2.24, 2.45) is 0 Å². The summed E-state index contributed by atoms with van der Waals surface area (Å²) in [5, 5.41) is 7.03. The number of rotatable bonds is 2. The topological polar surface area (TPSA) is 44.8 Å². The molecule has 1 saturated heterocycles. The van der Waals surface area contributed by atoms with Crippen LogP contribution in [0.3, 0.4) is 0 Å². The Morgan fingerprint density at radius 3 is 3.00 bits per heavy atom. The van der Waals surface area contributed by atoms with Gasteiger partial charge >= 0.3 is 0 Å². The molecule has 0 saturated carbocycles. The quantitative estimate of drug-likeness (QED) is 0.884. The van der Waals surface area contributed by atoms with Crippen LogP contribution in [-0.4, -0.2) is 28.3 Å². The summed E-state index contributed by atoms with van der Waals surface area (Å²) < 4.78 is 12.9. The molecule has 1 aliphatic heterocycles. The second kappa shape index (κ2) is 4.76. The number of aromatic amines is 1. The Balaban J connectivity index is 1.76. The first-order chi connectivity index (χ1) is 8.83. The van der Waals surface area contributed by atoms with E-state index in [1.807, 2.05) is 6.07 Å². The van der Waals surface area contributed by atoms with E-state index in [0.717, 1.165) is 31.7 Å². The molecular formula is C13H15FN4. The summed E-state index contributed by atoms with van der Waals surface area (Å²) in [4.78, 5) is 6.35. The molecule has 0 spiro atoms. The van der Waals surface area contributed by atoms with E-state index in [0.29, 0.717) is 5.92 Å². The van der Waals surface area contributed by atoms with Crippen LogP contribution in [0.1, 0.15) is 24.5 Å². The van der Waals surface area contributed by atoms with E-state index >= 15 is 0 Å². The first kappa shape index (κ1) is 11.2. The van der Waals surface area contributed by atoms with Gasteiger partial charge in [-0.25, -0.2) is 9.37 Å². The monoisotopic (exact) mass is 246 g/mol. The van der Waals surface area contributed by atoms with Gasteiger partial charge in [0.25, 0.3) is 0 Å². The van der Waals surface area contributed by atoms with E-state index in [9.17, 15) is 4.39 Å². The van der Waals surface area contributed by atoms with Crippen molar-refractivity contribution in [3.63, 3.8) is 0 Å². The van der Waals surface area contributed by atoms with Crippen LogP contribution in [-0.2, 0) is 0 Å². The zero-order valence-corrected chi connectivity index (χ0v) is 10.0. The molecule has 1 N–H and O–H groups in total. The molecule has 0 aromatic carbocycles. The molecule has 2 aromatic heterocycles. The summed E-state index contributed by atoms with van der Waals surface area (Å²) >= 11 is 0. The molecule has 1 atom stereocenters. The first-order valence-electron chi connectivity index (χ1n) is 6.19. The smallest absolute Gasteiger partial charge is 0.141 e. The zero-order chi connectivity index (χ0) is 12.4. The Hall–Kier alpha value is -1.91. The number of hydrogen-bond acceptors (Lipinski definition) is 3.